The van der Waals surface area contributed by atoms with Crippen molar-refractivity contribution in [2.24, 2.45) is 0 Å². The van der Waals surface area contributed by atoms with Gasteiger partial charge in [-0.2, -0.15) is 22.7 Å². The average Bonchev–Trinajstić information content (AvgIpc) is 3.70. The van der Waals surface area contributed by atoms with Gasteiger partial charge in [-0.1, -0.05) is 29.8 Å². The fourth-order valence-corrected chi connectivity index (χ4v) is 6.13. The summed E-state index contributed by atoms with van der Waals surface area (Å²) in [4.78, 5) is 48.7. The number of anilines is 2. The first-order chi connectivity index (χ1) is 22.9. The Bertz CT molecular complexity index is 1990. The van der Waals surface area contributed by atoms with Crippen LogP contribution in [0.5, 0.6) is 5.75 Å². The van der Waals surface area contributed by atoms with Gasteiger partial charge in [-0.25, -0.2) is 0 Å². The molecule has 0 bridgehead atoms. The van der Waals surface area contributed by atoms with Gasteiger partial charge in [0.2, 0.25) is 17.4 Å². The Labute approximate surface area is 275 Å². The summed E-state index contributed by atoms with van der Waals surface area (Å²) in [7, 11) is 0. The van der Waals surface area contributed by atoms with Crippen molar-refractivity contribution in [3.05, 3.63) is 68.7 Å². The van der Waals surface area contributed by atoms with Crippen molar-refractivity contribution in [1.29, 1.82) is 0 Å². The Hall–Kier alpha value is -4.90. The third-order valence-corrected chi connectivity index (χ3v) is 8.55. The molecular formula is C30H30ClF3N8O6. The first-order valence-electron chi connectivity index (χ1n) is 15.0. The Balaban J connectivity index is 1.37. The number of piperazine rings is 1. The molecule has 0 radical (unpaired) electrons. The molecule has 5 heterocycles. The number of ether oxygens (including phenoxy) is 1. The Morgan fingerprint density at radius 3 is 2.65 bits per heavy atom. The molecule has 2 aliphatic rings. The second kappa shape index (κ2) is 13.0. The van der Waals surface area contributed by atoms with Crippen LogP contribution in [-0.4, -0.2) is 85.0 Å². The molecule has 0 saturated carbocycles. The van der Waals surface area contributed by atoms with E-state index < -0.39 is 35.2 Å². The van der Waals surface area contributed by atoms with E-state index in [4.69, 9.17) is 20.9 Å². The van der Waals surface area contributed by atoms with Crippen LogP contribution in [0.3, 0.4) is 0 Å². The smallest absolute Gasteiger partial charge is 0.416 e. The molecule has 0 aliphatic carbocycles. The van der Waals surface area contributed by atoms with Crippen LogP contribution in [0.4, 0.5) is 24.5 Å². The second-order valence-corrected chi connectivity index (χ2v) is 11.7. The summed E-state index contributed by atoms with van der Waals surface area (Å²) >= 11 is 6.10. The highest BCUT2D eigenvalue weighted by molar-refractivity contribution is 6.33. The first kappa shape index (κ1) is 33.0. The van der Waals surface area contributed by atoms with Gasteiger partial charge >= 0.3 is 6.18 Å². The van der Waals surface area contributed by atoms with Gasteiger partial charge in [0.15, 0.2) is 17.8 Å². The molecule has 3 aromatic heterocycles. The van der Waals surface area contributed by atoms with E-state index in [1.54, 1.807) is 11.5 Å². The first-order valence-corrected chi connectivity index (χ1v) is 15.4. The largest absolute Gasteiger partial charge is 0.503 e. The minimum Gasteiger partial charge on any atom is -0.503 e. The molecule has 18 heteroatoms. The van der Waals surface area contributed by atoms with Gasteiger partial charge in [-0.3, -0.25) is 14.4 Å². The Kier molecular flexibility index (Phi) is 8.91. The number of hydrogen-bond donors (Lipinski definition) is 2. The molecule has 4 aromatic rings. The molecule has 0 unspecified atom stereocenters. The number of fused-ring (bicyclic) bond motifs is 1. The lowest BCUT2D eigenvalue weighted by Crippen LogP contribution is -2.55. The zero-order valence-corrected chi connectivity index (χ0v) is 26.5. The summed E-state index contributed by atoms with van der Waals surface area (Å²) in [6, 6.07) is 2.19. The van der Waals surface area contributed by atoms with Crippen LogP contribution < -0.4 is 15.8 Å². The van der Waals surface area contributed by atoms with Gasteiger partial charge < -0.3 is 34.1 Å². The fourth-order valence-electron chi connectivity index (χ4n) is 5.90. The fraction of sp³-hybridized carbons (Fsp3) is 0.400. The number of halogens is 4. The highest BCUT2D eigenvalue weighted by Crippen LogP contribution is 2.34. The van der Waals surface area contributed by atoms with Gasteiger partial charge in [-0.15, -0.1) is 5.10 Å². The summed E-state index contributed by atoms with van der Waals surface area (Å²) in [6.07, 6.45) is -1.03. The van der Waals surface area contributed by atoms with Gasteiger partial charge in [0.25, 0.3) is 11.5 Å². The predicted octanol–water partition coefficient (Wildman–Crippen LogP) is 3.61. The molecule has 1 atom stereocenters. The maximum atomic E-state index is 14.2. The van der Waals surface area contributed by atoms with E-state index in [0.29, 0.717) is 31.2 Å². The number of carbonyl (C=O) groups excluding carboxylic acids is 2. The molecule has 2 N–H and O–H groups in total. The number of rotatable bonds is 7. The standard InChI is InChI=1S/C30H30ClF3N8O6/c1-3-21-25(39-8-9-40(16(2)13-39)27(45)24-22(43)15-48-38-24)28(46)42-29(36-26(37-42)17-6-10-47-11-7-17)41(21)14-23(44)35-20-5-4-18(12-19(20)31)30(32,33)34/h4-6,12,15-16,43H,3,7-11,13-14H2,1-2H3,(H,35,44)/t16-/m1/s1. The van der Waals surface area contributed by atoms with Crippen LogP contribution in [0.2, 0.25) is 5.02 Å². The lowest BCUT2D eigenvalue weighted by molar-refractivity contribution is -0.137. The van der Waals surface area contributed by atoms with Gasteiger partial charge in [0.1, 0.15) is 12.2 Å². The maximum absolute atomic E-state index is 14.2. The Morgan fingerprint density at radius 2 is 2.02 bits per heavy atom. The van der Waals surface area contributed by atoms with Crippen molar-refractivity contribution < 1.29 is 37.1 Å². The van der Waals surface area contributed by atoms with Crippen LogP contribution in [0.25, 0.3) is 11.4 Å². The zero-order valence-electron chi connectivity index (χ0n) is 25.8. The van der Waals surface area contributed by atoms with E-state index in [9.17, 15) is 32.7 Å². The SMILES string of the molecule is CCc1c(N2CCN(C(=O)c3nocc3O)[C@H](C)C2)c(=O)n2nc(C3=CCOCC3)nc2n1CC(=O)Nc1ccc(C(F)(F)F)cc1Cl. The van der Waals surface area contributed by atoms with Crippen LogP contribution in [-0.2, 0) is 28.7 Å². The van der Waals surface area contributed by atoms with Crippen molar-refractivity contribution in [2.75, 3.05) is 43.1 Å². The highest BCUT2D eigenvalue weighted by Gasteiger charge is 2.35. The molecule has 0 spiro atoms. The Morgan fingerprint density at radius 1 is 1.23 bits per heavy atom. The van der Waals surface area contributed by atoms with E-state index in [1.807, 2.05) is 17.9 Å². The highest BCUT2D eigenvalue weighted by atomic mass is 35.5. The van der Waals surface area contributed by atoms with Crippen LogP contribution in [0, 0.1) is 0 Å². The van der Waals surface area contributed by atoms with Crippen molar-refractivity contribution in [3.8, 4) is 5.75 Å². The van der Waals surface area contributed by atoms with E-state index >= 15 is 0 Å². The number of nitrogens with zero attached hydrogens (tertiary/aromatic N) is 7. The van der Waals surface area contributed by atoms with Crippen LogP contribution >= 0.6 is 11.6 Å². The van der Waals surface area contributed by atoms with Crippen molar-refractivity contribution in [3.63, 3.8) is 0 Å². The van der Waals surface area contributed by atoms with Crippen molar-refractivity contribution in [2.45, 2.75) is 45.5 Å². The molecular weight excluding hydrogens is 661 g/mol. The lowest BCUT2D eigenvalue weighted by atomic mass is 10.1. The topological polar surface area (TPSA) is 160 Å². The molecule has 254 valence electrons. The molecule has 2 aliphatic heterocycles. The minimum absolute atomic E-state index is 0.0210. The number of hydrogen-bond acceptors (Lipinski definition) is 10. The minimum atomic E-state index is -4.61. The van der Waals surface area contributed by atoms with E-state index in [1.165, 1.54) is 4.90 Å². The zero-order chi connectivity index (χ0) is 34.3. The lowest BCUT2D eigenvalue weighted by Gasteiger charge is -2.41. The van der Waals surface area contributed by atoms with E-state index in [-0.39, 0.29) is 66.2 Å². The number of amides is 2. The van der Waals surface area contributed by atoms with E-state index in [2.05, 4.69) is 20.6 Å². The molecule has 6 rings (SSSR count). The number of aromatic nitrogens is 5. The predicted molar refractivity (Wildman–Crippen MR) is 166 cm³/mol. The normalized spacial score (nSPS) is 17.1. The van der Waals surface area contributed by atoms with Gasteiger partial charge in [0, 0.05) is 25.7 Å². The summed E-state index contributed by atoms with van der Waals surface area (Å²) in [5.74, 6) is -1.14. The number of alkyl halides is 3. The molecule has 48 heavy (non-hydrogen) atoms. The molecule has 1 fully saturated rings. The summed E-state index contributed by atoms with van der Waals surface area (Å²) in [6.45, 7) is 4.63. The number of nitrogens with one attached hydrogen (secondary N) is 1. The number of aromatic hydroxyl groups is 1. The monoisotopic (exact) mass is 690 g/mol. The maximum Gasteiger partial charge on any atom is 0.416 e. The quantitative estimate of drug-likeness (QED) is 0.293. The van der Waals surface area contributed by atoms with Crippen molar-refractivity contribution in [1.82, 2.24) is 29.2 Å². The van der Waals surface area contributed by atoms with Crippen molar-refractivity contribution >= 4 is 46.1 Å². The number of carbonyl (C=O) groups is 2. The van der Waals surface area contributed by atoms with E-state index in [0.717, 1.165) is 34.6 Å². The third-order valence-electron chi connectivity index (χ3n) is 8.24. The average molecular weight is 691 g/mol. The summed E-state index contributed by atoms with van der Waals surface area (Å²) in [5.41, 5.74) is -0.187. The van der Waals surface area contributed by atoms with Crippen LogP contribution in [0.15, 0.2) is 39.9 Å². The van der Waals surface area contributed by atoms with Gasteiger partial charge in [0.05, 0.1) is 35.2 Å². The van der Waals surface area contributed by atoms with Gasteiger partial charge in [-0.05, 0) is 43.5 Å². The second-order valence-electron chi connectivity index (χ2n) is 11.3. The molecule has 2 amide bonds. The molecule has 1 aromatic carbocycles. The molecule has 14 nitrogen and oxygen atoms in total. The summed E-state index contributed by atoms with van der Waals surface area (Å²) in [5, 5.41) is 20.3. The number of benzene rings is 1. The van der Waals surface area contributed by atoms with Crippen LogP contribution in [0.1, 0.15) is 47.8 Å². The molecule has 1 saturated heterocycles. The summed E-state index contributed by atoms with van der Waals surface area (Å²) < 4.78 is 52.3. The third kappa shape index (κ3) is 6.22.